The lowest BCUT2D eigenvalue weighted by Crippen LogP contribution is -2.25. The number of hydrogen-bond acceptors (Lipinski definition) is 7. The van der Waals surface area contributed by atoms with Crippen molar-refractivity contribution in [1.29, 1.82) is 0 Å². The Hall–Kier alpha value is -3.17. The highest BCUT2D eigenvalue weighted by Gasteiger charge is 2.22. The van der Waals surface area contributed by atoms with E-state index in [1.165, 1.54) is 11.4 Å². The number of anilines is 1. The zero-order chi connectivity index (χ0) is 24.2. The monoisotopic (exact) mass is 487 g/mol. The van der Waals surface area contributed by atoms with E-state index >= 15 is 0 Å². The maximum atomic E-state index is 12.6. The van der Waals surface area contributed by atoms with Crippen molar-refractivity contribution < 1.29 is 27.5 Å². The second kappa shape index (κ2) is 10.2. The quantitative estimate of drug-likeness (QED) is 0.330. The van der Waals surface area contributed by atoms with Gasteiger partial charge in [-0.05, 0) is 67.6 Å². The van der Waals surface area contributed by atoms with Crippen LogP contribution in [0.25, 0.3) is 0 Å². The predicted molar refractivity (Wildman–Crippen MR) is 128 cm³/mol. The van der Waals surface area contributed by atoms with Crippen LogP contribution in [0.15, 0.2) is 58.1 Å². The normalized spacial score (nSPS) is 11.2. The van der Waals surface area contributed by atoms with Gasteiger partial charge in [0, 0.05) is 12.6 Å². The highest BCUT2D eigenvalue weighted by molar-refractivity contribution is 7.94. The number of hydrogen-bond donors (Lipinski definition) is 0. The molecule has 1 heterocycles. The largest absolute Gasteiger partial charge is 0.482 e. The first-order valence-corrected chi connectivity index (χ1v) is 12.4. The van der Waals surface area contributed by atoms with Crippen molar-refractivity contribution in [3.63, 3.8) is 0 Å². The lowest BCUT2D eigenvalue weighted by Gasteiger charge is -2.18. The van der Waals surface area contributed by atoms with Crippen molar-refractivity contribution in [2.24, 2.45) is 0 Å². The Kier molecular flexibility index (Phi) is 7.55. The first-order valence-electron chi connectivity index (χ1n) is 10.1. The van der Waals surface area contributed by atoms with Crippen LogP contribution in [-0.4, -0.2) is 40.4 Å². The third-order valence-electron chi connectivity index (χ3n) is 4.99. The van der Waals surface area contributed by atoms with Crippen molar-refractivity contribution in [3.05, 3.63) is 76.2 Å². The fourth-order valence-corrected chi connectivity index (χ4v) is 5.81. The van der Waals surface area contributed by atoms with E-state index in [1.54, 1.807) is 41.8 Å². The molecule has 9 heteroatoms. The number of aryl methyl sites for hydroxylation is 3. The molecule has 0 radical (unpaired) electrons. The molecule has 0 amide bonds. The molecule has 0 atom stereocenters. The summed E-state index contributed by atoms with van der Waals surface area (Å²) in [6.45, 7) is 4.92. The van der Waals surface area contributed by atoms with E-state index in [0.717, 1.165) is 28.0 Å². The number of Topliss-reactive ketones (excluding diaryl/α,β-unsaturated/α-hetero) is 1. The summed E-state index contributed by atoms with van der Waals surface area (Å²) in [5.74, 6) is -0.570. The Balaban J connectivity index is 1.53. The summed E-state index contributed by atoms with van der Waals surface area (Å²) in [6.07, 6.45) is 0. The van der Waals surface area contributed by atoms with E-state index in [2.05, 4.69) is 0 Å². The first-order chi connectivity index (χ1) is 15.6. The minimum absolute atomic E-state index is 0.249. The Labute approximate surface area is 197 Å². The lowest BCUT2D eigenvalue weighted by atomic mass is 9.97. The minimum atomic E-state index is -3.63. The Morgan fingerprint density at radius 3 is 2.18 bits per heavy atom. The van der Waals surface area contributed by atoms with Crippen molar-refractivity contribution >= 4 is 38.8 Å². The molecule has 0 saturated heterocycles. The molecular formula is C24H25NO6S2. The molecule has 3 rings (SSSR count). The Bertz CT molecular complexity index is 1230. The third-order valence-corrected chi connectivity index (χ3v) is 8.15. The fraction of sp³-hybridized carbons (Fsp3) is 0.250. The summed E-state index contributed by atoms with van der Waals surface area (Å²) in [6, 6.07) is 13.3. The van der Waals surface area contributed by atoms with Crippen LogP contribution in [0, 0.1) is 20.8 Å². The number of carbonyl (C=O) groups excluding carboxylic acids is 2. The first kappa shape index (κ1) is 24.5. The molecule has 0 unspecified atom stereocenters. The molecule has 7 nitrogen and oxygen atoms in total. The molecule has 0 aliphatic carbocycles. The number of thiophene rings is 1. The van der Waals surface area contributed by atoms with Crippen LogP contribution in [0.1, 0.15) is 27.0 Å². The summed E-state index contributed by atoms with van der Waals surface area (Å²) in [4.78, 5) is 24.5. The second-order valence-electron chi connectivity index (χ2n) is 7.54. The number of rotatable bonds is 9. The van der Waals surface area contributed by atoms with Crippen LogP contribution < -0.4 is 9.04 Å². The van der Waals surface area contributed by atoms with Crippen LogP contribution in [-0.2, 0) is 19.6 Å². The van der Waals surface area contributed by atoms with E-state index < -0.39 is 16.0 Å². The molecule has 2 aromatic carbocycles. The second-order valence-corrected chi connectivity index (χ2v) is 10.7. The summed E-state index contributed by atoms with van der Waals surface area (Å²) in [7, 11) is -2.16. The van der Waals surface area contributed by atoms with E-state index in [9.17, 15) is 18.0 Å². The highest BCUT2D eigenvalue weighted by atomic mass is 32.2. The van der Waals surface area contributed by atoms with Gasteiger partial charge in [-0.25, -0.2) is 13.2 Å². The summed E-state index contributed by atoms with van der Waals surface area (Å²) < 4.78 is 37.1. The zero-order valence-corrected chi connectivity index (χ0v) is 20.5. The van der Waals surface area contributed by atoms with Gasteiger partial charge >= 0.3 is 5.97 Å². The number of benzene rings is 2. The SMILES string of the molecule is Cc1cc(C)c(C(=O)COC(=O)COc2ccc(N(C)S(=O)(=O)c3cccs3)cc2)c(C)c1. The number of nitrogens with zero attached hydrogens (tertiary/aromatic N) is 1. The van der Waals surface area contributed by atoms with Crippen LogP contribution in [0.2, 0.25) is 0 Å². The van der Waals surface area contributed by atoms with Gasteiger partial charge in [0.2, 0.25) is 5.78 Å². The average molecular weight is 488 g/mol. The smallest absolute Gasteiger partial charge is 0.344 e. The van der Waals surface area contributed by atoms with E-state index in [-0.39, 0.29) is 23.2 Å². The Morgan fingerprint density at radius 1 is 0.970 bits per heavy atom. The molecule has 174 valence electrons. The van der Waals surface area contributed by atoms with Gasteiger partial charge in [-0.2, -0.15) is 0 Å². The standard InChI is InChI=1S/C24H25NO6S2/c1-16-12-17(2)24(18(3)13-16)21(26)14-31-22(27)15-30-20-9-7-19(8-10-20)25(4)33(28,29)23-6-5-11-32-23/h5-13H,14-15H2,1-4H3. The molecule has 0 N–H and O–H groups in total. The van der Waals surface area contributed by atoms with E-state index in [1.807, 2.05) is 32.9 Å². The van der Waals surface area contributed by atoms with Gasteiger partial charge in [-0.1, -0.05) is 23.8 Å². The number of esters is 1. The number of sulfonamides is 1. The molecule has 0 fully saturated rings. The Morgan fingerprint density at radius 2 is 1.61 bits per heavy atom. The lowest BCUT2D eigenvalue weighted by molar-refractivity contribution is -0.144. The molecule has 3 aromatic rings. The van der Waals surface area contributed by atoms with Crippen molar-refractivity contribution in [1.82, 2.24) is 0 Å². The van der Waals surface area contributed by atoms with Gasteiger partial charge in [-0.3, -0.25) is 9.10 Å². The molecule has 0 aliphatic rings. The molecule has 0 bridgehead atoms. The van der Waals surface area contributed by atoms with Gasteiger partial charge in [-0.15, -0.1) is 11.3 Å². The molecule has 0 spiro atoms. The predicted octanol–water partition coefficient (Wildman–Crippen LogP) is 4.30. The maximum absolute atomic E-state index is 12.6. The van der Waals surface area contributed by atoms with Gasteiger partial charge in [0.05, 0.1) is 5.69 Å². The molecule has 1 aromatic heterocycles. The molecule has 0 saturated carbocycles. The average Bonchev–Trinajstić information content (AvgIpc) is 3.31. The number of carbonyl (C=O) groups is 2. The summed E-state index contributed by atoms with van der Waals surface area (Å²) in [5.41, 5.74) is 3.76. The van der Waals surface area contributed by atoms with E-state index in [0.29, 0.717) is 17.0 Å². The van der Waals surface area contributed by atoms with Crippen molar-refractivity contribution in [2.75, 3.05) is 24.6 Å². The highest BCUT2D eigenvalue weighted by Crippen LogP contribution is 2.26. The van der Waals surface area contributed by atoms with Crippen molar-refractivity contribution in [2.45, 2.75) is 25.0 Å². The van der Waals surface area contributed by atoms with Crippen LogP contribution in [0.4, 0.5) is 5.69 Å². The zero-order valence-electron chi connectivity index (χ0n) is 18.8. The maximum Gasteiger partial charge on any atom is 0.344 e. The van der Waals surface area contributed by atoms with E-state index in [4.69, 9.17) is 9.47 Å². The number of ether oxygens (including phenoxy) is 2. The van der Waals surface area contributed by atoms with Crippen molar-refractivity contribution in [3.8, 4) is 5.75 Å². The van der Waals surface area contributed by atoms with Crippen LogP contribution in [0.5, 0.6) is 5.75 Å². The summed E-state index contributed by atoms with van der Waals surface area (Å²) >= 11 is 1.14. The fourth-order valence-electron chi connectivity index (χ4n) is 3.46. The topological polar surface area (TPSA) is 90.0 Å². The molecule has 0 aliphatic heterocycles. The van der Waals surface area contributed by atoms with Gasteiger partial charge < -0.3 is 9.47 Å². The van der Waals surface area contributed by atoms with Gasteiger partial charge in [0.1, 0.15) is 9.96 Å². The van der Waals surface area contributed by atoms with Gasteiger partial charge in [0.15, 0.2) is 13.2 Å². The van der Waals surface area contributed by atoms with Crippen LogP contribution in [0.3, 0.4) is 0 Å². The molecular weight excluding hydrogens is 462 g/mol. The third kappa shape index (κ3) is 5.80. The van der Waals surface area contributed by atoms with Gasteiger partial charge in [0.25, 0.3) is 10.0 Å². The minimum Gasteiger partial charge on any atom is -0.482 e. The number of ketones is 1. The molecule has 33 heavy (non-hydrogen) atoms. The summed E-state index contributed by atoms with van der Waals surface area (Å²) in [5, 5.41) is 1.70. The van der Waals surface area contributed by atoms with Crippen LogP contribution >= 0.6 is 11.3 Å².